The molecule has 0 saturated carbocycles. The van der Waals surface area contributed by atoms with Gasteiger partial charge in [0.2, 0.25) is 5.88 Å². The van der Waals surface area contributed by atoms with E-state index in [1.165, 1.54) is 5.56 Å². The number of methoxy groups -OCH3 is 1. The van der Waals surface area contributed by atoms with Gasteiger partial charge in [0.05, 0.1) is 20.3 Å². The minimum Gasteiger partial charge on any atom is -0.481 e. The van der Waals surface area contributed by atoms with Gasteiger partial charge < -0.3 is 19.5 Å². The largest absolute Gasteiger partial charge is 0.481 e. The summed E-state index contributed by atoms with van der Waals surface area (Å²) in [6, 6.07) is 16.2. The van der Waals surface area contributed by atoms with Gasteiger partial charge in [0.25, 0.3) is 0 Å². The number of benzene rings is 1. The predicted molar refractivity (Wildman–Crippen MR) is 95.4 cm³/mol. The lowest BCUT2D eigenvalue weighted by Crippen LogP contribution is -2.25. The fourth-order valence-electron chi connectivity index (χ4n) is 2.45. The first-order valence-electron chi connectivity index (χ1n) is 8.32. The zero-order chi connectivity index (χ0) is 17.0. The minimum absolute atomic E-state index is 0.0772. The maximum absolute atomic E-state index is 8.72. The fourth-order valence-corrected chi connectivity index (χ4v) is 2.45. The Hall–Kier alpha value is -2.11. The SMILES string of the molecule is COc1cccc(N(CCCCOCCO)Cc2ccccc2)n1. The van der Waals surface area contributed by atoms with Crippen molar-refractivity contribution in [2.45, 2.75) is 19.4 Å². The molecule has 0 aliphatic heterocycles. The van der Waals surface area contributed by atoms with E-state index in [4.69, 9.17) is 14.6 Å². The van der Waals surface area contributed by atoms with Crippen LogP contribution in [0.1, 0.15) is 18.4 Å². The first-order valence-corrected chi connectivity index (χ1v) is 8.32. The van der Waals surface area contributed by atoms with Crippen LogP contribution in [0.25, 0.3) is 0 Å². The van der Waals surface area contributed by atoms with Crippen LogP contribution in [0.15, 0.2) is 48.5 Å². The Morgan fingerprint density at radius 2 is 1.83 bits per heavy atom. The molecule has 5 nitrogen and oxygen atoms in total. The van der Waals surface area contributed by atoms with E-state index in [1.807, 2.05) is 24.3 Å². The molecule has 1 aromatic carbocycles. The van der Waals surface area contributed by atoms with Gasteiger partial charge in [0.15, 0.2) is 0 Å². The first-order chi connectivity index (χ1) is 11.8. The highest BCUT2D eigenvalue weighted by atomic mass is 16.5. The van der Waals surface area contributed by atoms with Crippen LogP contribution in [-0.4, -0.2) is 43.6 Å². The van der Waals surface area contributed by atoms with E-state index >= 15 is 0 Å². The third kappa shape index (κ3) is 6.18. The fraction of sp³-hybridized carbons (Fsp3) is 0.421. The molecule has 1 aromatic heterocycles. The normalized spacial score (nSPS) is 10.6. The molecule has 0 unspecified atom stereocenters. The smallest absolute Gasteiger partial charge is 0.214 e. The number of hydrogen-bond donors (Lipinski definition) is 1. The number of aromatic nitrogens is 1. The third-order valence-corrected chi connectivity index (χ3v) is 3.66. The van der Waals surface area contributed by atoms with Crippen molar-refractivity contribution in [1.82, 2.24) is 4.98 Å². The Kier molecular flexibility index (Phi) is 8.07. The van der Waals surface area contributed by atoms with E-state index in [-0.39, 0.29) is 6.61 Å². The highest BCUT2D eigenvalue weighted by Gasteiger charge is 2.10. The van der Waals surface area contributed by atoms with Gasteiger partial charge in [-0.2, -0.15) is 4.98 Å². The van der Waals surface area contributed by atoms with Gasteiger partial charge in [-0.05, 0) is 24.5 Å². The lowest BCUT2D eigenvalue weighted by Gasteiger charge is -2.24. The van der Waals surface area contributed by atoms with E-state index in [9.17, 15) is 0 Å². The summed E-state index contributed by atoms with van der Waals surface area (Å²) in [4.78, 5) is 6.81. The molecule has 0 atom stereocenters. The zero-order valence-corrected chi connectivity index (χ0v) is 14.2. The van der Waals surface area contributed by atoms with Crippen LogP contribution in [-0.2, 0) is 11.3 Å². The van der Waals surface area contributed by atoms with Crippen molar-refractivity contribution in [1.29, 1.82) is 0 Å². The van der Waals surface area contributed by atoms with Crippen molar-refractivity contribution in [2.75, 3.05) is 38.4 Å². The Morgan fingerprint density at radius 3 is 2.58 bits per heavy atom. The molecule has 5 heteroatoms. The predicted octanol–water partition coefficient (Wildman–Crippen LogP) is 2.89. The van der Waals surface area contributed by atoms with Crippen molar-refractivity contribution in [2.24, 2.45) is 0 Å². The second kappa shape index (κ2) is 10.6. The molecule has 1 N–H and O–H groups in total. The van der Waals surface area contributed by atoms with Gasteiger partial charge in [-0.1, -0.05) is 36.4 Å². The Labute approximate surface area is 143 Å². The molecular formula is C19H26N2O3. The topological polar surface area (TPSA) is 54.8 Å². The maximum atomic E-state index is 8.72. The molecular weight excluding hydrogens is 304 g/mol. The number of nitrogens with zero attached hydrogens (tertiary/aromatic N) is 2. The van der Waals surface area contributed by atoms with Crippen molar-refractivity contribution in [3.8, 4) is 5.88 Å². The average Bonchev–Trinajstić information content (AvgIpc) is 2.64. The molecule has 1 heterocycles. The number of rotatable bonds is 11. The van der Waals surface area contributed by atoms with Crippen LogP contribution in [0.4, 0.5) is 5.82 Å². The summed E-state index contributed by atoms with van der Waals surface area (Å²) >= 11 is 0. The average molecular weight is 330 g/mol. The Balaban J connectivity index is 1.98. The summed E-state index contributed by atoms with van der Waals surface area (Å²) in [5.74, 6) is 1.53. The van der Waals surface area contributed by atoms with E-state index in [2.05, 4.69) is 34.1 Å². The van der Waals surface area contributed by atoms with Crippen molar-refractivity contribution in [3.05, 3.63) is 54.1 Å². The molecule has 0 spiro atoms. The molecule has 0 amide bonds. The number of aliphatic hydroxyl groups is 1. The lowest BCUT2D eigenvalue weighted by molar-refractivity contribution is 0.0900. The van der Waals surface area contributed by atoms with Crippen LogP contribution < -0.4 is 9.64 Å². The minimum atomic E-state index is 0.0772. The monoisotopic (exact) mass is 330 g/mol. The van der Waals surface area contributed by atoms with Gasteiger partial charge in [0.1, 0.15) is 5.82 Å². The van der Waals surface area contributed by atoms with Gasteiger partial charge in [-0.15, -0.1) is 0 Å². The molecule has 0 saturated heterocycles. The van der Waals surface area contributed by atoms with Crippen LogP contribution >= 0.6 is 0 Å². The summed E-state index contributed by atoms with van der Waals surface area (Å²) < 4.78 is 10.6. The Morgan fingerprint density at radius 1 is 1.00 bits per heavy atom. The van der Waals surface area contributed by atoms with E-state index < -0.39 is 0 Å². The van der Waals surface area contributed by atoms with E-state index in [1.54, 1.807) is 7.11 Å². The molecule has 2 aromatic rings. The van der Waals surface area contributed by atoms with Crippen LogP contribution in [0.2, 0.25) is 0 Å². The highest BCUT2D eigenvalue weighted by Crippen LogP contribution is 2.19. The van der Waals surface area contributed by atoms with Gasteiger partial charge in [0, 0.05) is 25.8 Å². The number of ether oxygens (including phenoxy) is 2. The van der Waals surface area contributed by atoms with Crippen LogP contribution in [0, 0.1) is 0 Å². The molecule has 2 rings (SSSR count). The number of pyridine rings is 1. The summed E-state index contributed by atoms with van der Waals surface area (Å²) in [6.07, 6.45) is 1.95. The maximum Gasteiger partial charge on any atom is 0.214 e. The van der Waals surface area contributed by atoms with Gasteiger partial charge >= 0.3 is 0 Å². The van der Waals surface area contributed by atoms with Crippen LogP contribution in [0.3, 0.4) is 0 Å². The molecule has 0 fully saturated rings. The summed E-state index contributed by atoms with van der Waals surface area (Å²) in [5, 5.41) is 8.72. The lowest BCUT2D eigenvalue weighted by atomic mass is 10.2. The third-order valence-electron chi connectivity index (χ3n) is 3.66. The standard InChI is InChI=1S/C19H26N2O3/c1-23-19-11-7-10-18(20-19)21(12-5-6-14-24-15-13-22)16-17-8-3-2-4-9-17/h2-4,7-11,22H,5-6,12-16H2,1H3. The number of unbranched alkanes of at least 4 members (excludes halogenated alkanes) is 1. The molecule has 130 valence electrons. The van der Waals surface area contributed by atoms with E-state index in [0.29, 0.717) is 19.1 Å². The summed E-state index contributed by atoms with van der Waals surface area (Å²) in [5.41, 5.74) is 1.25. The second-order valence-electron chi connectivity index (χ2n) is 5.49. The van der Waals surface area contributed by atoms with Gasteiger partial charge in [-0.3, -0.25) is 0 Å². The first kappa shape index (κ1) is 18.2. The molecule has 0 aliphatic carbocycles. The van der Waals surface area contributed by atoms with Crippen LogP contribution in [0.5, 0.6) is 5.88 Å². The number of anilines is 1. The molecule has 0 radical (unpaired) electrons. The Bertz CT molecular complexity index is 578. The van der Waals surface area contributed by atoms with E-state index in [0.717, 1.165) is 31.7 Å². The van der Waals surface area contributed by atoms with Crippen molar-refractivity contribution < 1.29 is 14.6 Å². The summed E-state index contributed by atoms with van der Waals surface area (Å²) in [7, 11) is 1.63. The summed E-state index contributed by atoms with van der Waals surface area (Å²) in [6.45, 7) is 2.85. The highest BCUT2D eigenvalue weighted by molar-refractivity contribution is 5.41. The molecule has 24 heavy (non-hydrogen) atoms. The second-order valence-corrected chi connectivity index (χ2v) is 5.49. The van der Waals surface area contributed by atoms with Gasteiger partial charge in [-0.25, -0.2) is 0 Å². The quantitative estimate of drug-likeness (QED) is 0.642. The van der Waals surface area contributed by atoms with Crippen molar-refractivity contribution >= 4 is 5.82 Å². The number of hydrogen-bond acceptors (Lipinski definition) is 5. The molecule has 0 aliphatic rings. The molecule has 0 bridgehead atoms. The number of aliphatic hydroxyl groups excluding tert-OH is 1. The van der Waals surface area contributed by atoms with Crippen molar-refractivity contribution in [3.63, 3.8) is 0 Å². The zero-order valence-electron chi connectivity index (χ0n) is 14.2.